The van der Waals surface area contributed by atoms with Crippen molar-refractivity contribution < 1.29 is 14.7 Å². The molecule has 21 heavy (non-hydrogen) atoms. The zero-order valence-electron chi connectivity index (χ0n) is 11.9. The first kappa shape index (κ1) is 14.8. The number of carbonyl (C=O) groups is 2. The fourth-order valence-corrected chi connectivity index (χ4v) is 2.16. The molecule has 6 heteroatoms. The van der Waals surface area contributed by atoms with Crippen LogP contribution in [0.15, 0.2) is 35.1 Å². The molecule has 2 aromatic rings. The van der Waals surface area contributed by atoms with Crippen molar-refractivity contribution in [2.45, 2.75) is 6.42 Å². The molecule has 2 rings (SSSR count). The third kappa shape index (κ3) is 2.94. The second-order valence-electron chi connectivity index (χ2n) is 4.84. The number of para-hydroxylation sites is 1. The standard InChI is InChI=1S/C15H16N2O4/c1-16(8-7-14(19)20)15(21)11-9-13(18)17(2)12-6-4-3-5-10(11)12/h3-6,9H,7-8H2,1-2H3,(H,19,20). The number of aromatic nitrogens is 1. The van der Waals surface area contributed by atoms with E-state index in [2.05, 4.69) is 0 Å². The summed E-state index contributed by atoms with van der Waals surface area (Å²) in [6.45, 7) is 0.0949. The highest BCUT2D eigenvalue weighted by atomic mass is 16.4. The van der Waals surface area contributed by atoms with Crippen LogP contribution < -0.4 is 5.56 Å². The van der Waals surface area contributed by atoms with E-state index < -0.39 is 5.97 Å². The van der Waals surface area contributed by atoms with Crippen LogP contribution in [0.1, 0.15) is 16.8 Å². The van der Waals surface area contributed by atoms with Gasteiger partial charge >= 0.3 is 5.97 Å². The molecule has 0 bridgehead atoms. The van der Waals surface area contributed by atoms with E-state index in [1.54, 1.807) is 31.3 Å². The Morgan fingerprint density at radius 1 is 1.29 bits per heavy atom. The molecule has 110 valence electrons. The summed E-state index contributed by atoms with van der Waals surface area (Å²) >= 11 is 0. The monoisotopic (exact) mass is 288 g/mol. The SMILES string of the molecule is CN(CCC(=O)O)C(=O)c1cc(=O)n(C)c2ccccc12. The van der Waals surface area contributed by atoms with Gasteiger partial charge in [0, 0.05) is 32.1 Å². The minimum Gasteiger partial charge on any atom is -0.481 e. The van der Waals surface area contributed by atoms with Gasteiger partial charge in [-0.25, -0.2) is 0 Å². The Balaban J connectivity index is 2.46. The lowest BCUT2D eigenvalue weighted by Crippen LogP contribution is -2.31. The minimum absolute atomic E-state index is 0.0949. The van der Waals surface area contributed by atoms with Gasteiger partial charge < -0.3 is 14.6 Å². The largest absolute Gasteiger partial charge is 0.481 e. The van der Waals surface area contributed by atoms with E-state index in [-0.39, 0.29) is 24.4 Å². The van der Waals surface area contributed by atoms with Gasteiger partial charge in [-0.2, -0.15) is 0 Å². The molecule has 0 saturated carbocycles. The van der Waals surface area contributed by atoms with E-state index >= 15 is 0 Å². The van der Waals surface area contributed by atoms with E-state index in [1.165, 1.54) is 22.6 Å². The van der Waals surface area contributed by atoms with Crippen LogP contribution in [-0.2, 0) is 11.8 Å². The molecule has 1 aromatic heterocycles. The number of fused-ring (bicyclic) bond motifs is 1. The van der Waals surface area contributed by atoms with E-state index in [4.69, 9.17) is 5.11 Å². The molecular weight excluding hydrogens is 272 g/mol. The molecule has 0 fully saturated rings. The average Bonchev–Trinajstić information content (AvgIpc) is 2.47. The molecule has 0 unspecified atom stereocenters. The zero-order valence-corrected chi connectivity index (χ0v) is 11.9. The fraction of sp³-hybridized carbons (Fsp3) is 0.267. The lowest BCUT2D eigenvalue weighted by atomic mass is 10.1. The van der Waals surface area contributed by atoms with Crippen LogP contribution in [0, 0.1) is 0 Å². The van der Waals surface area contributed by atoms with E-state index in [9.17, 15) is 14.4 Å². The lowest BCUT2D eigenvalue weighted by Gasteiger charge is -2.17. The van der Waals surface area contributed by atoms with Gasteiger partial charge in [-0.1, -0.05) is 18.2 Å². The molecule has 0 aliphatic carbocycles. The number of benzene rings is 1. The van der Waals surface area contributed by atoms with Gasteiger partial charge in [-0.15, -0.1) is 0 Å². The van der Waals surface area contributed by atoms with Crippen molar-refractivity contribution >= 4 is 22.8 Å². The first-order valence-electron chi connectivity index (χ1n) is 6.48. The van der Waals surface area contributed by atoms with E-state index in [0.29, 0.717) is 16.5 Å². The Kier molecular flexibility index (Phi) is 4.07. The molecular formula is C15H16N2O4. The topological polar surface area (TPSA) is 79.6 Å². The van der Waals surface area contributed by atoms with Crippen LogP contribution in [0.5, 0.6) is 0 Å². The number of rotatable bonds is 4. The summed E-state index contributed by atoms with van der Waals surface area (Å²) in [6.07, 6.45) is -0.134. The van der Waals surface area contributed by atoms with Gasteiger partial charge in [0.05, 0.1) is 17.5 Å². The summed E-state index contributed by atoms with van der Waals surface area (Å²) in [7, 11) is 3.17. The normalized spacial score (nSPS) is 10.6. The molecule has 0 saturated heterocycles. The van der Waals surface area contributed by atoms with Crippen molar-refractivity contribution in [2.24, 2.45) is 7.05 Å². The third-order valence-corrected chi connectivity index (χ3v) is 3.39. The zero-order chi connectivity index (χ0) is 15.6. The number of pyridine rings is 1. The number of nitrogens with zero attached hydrogens (tertiary/aromatic N) is 2. The van der Waals surface area contributed by atoms with Crippen LogP contribution in [0.2, 0.25) is 0 Å². The van der Waals surface area contributed by atoms with Gasteiger partial charge in [-0.05, 0) is 6.07 Å². The highest BCUT2D eigenvalue weighted by Crippen LogP contribution is 2.17. The molecule has 1 amide bonds. The molecule has 1 heterocycles. The van der Waals surface area contributed by atoms with Crippen LogP contribution in [0.4, 0.5) is 0 Å². The molecule has 1 N–H and O–H groups in total. The molecule has 6 nitrogen and oxygen atoms in total. The second kappa shape index (κ2) is 5.78. The molecule has 0 aliphatic rings. The summed E-state index contributed by atoms with van der Waals surface area (Å²) in [6, 6.07) is 8.42. The maximum atomic E-state index is 12.4. The lowest BCUT2D eigenvalue weighted by molar-refractivity contribution is -0.137. The predicted octanol–water partition coefficient (Wildman–Crippen LogP) is 1.09. The number of hydrogen-bond donors (Lipinski definition) is 1. The number of aliphatic carboxylic acids is 1. The Bertz CT molecular complexity index is 764. The van der Waals surface area contributed by atoms with Crippen molar-refractivity contribution in [3.63, 3.8) is 0 Å². The van der Waals surface area contributed by atoms with Crippen molar-refractivity contribution in [1.29, 1.82) is 0 Å². The van der Waals surface area contributed by atoms with Crippen molar-refractivity contribution in [1.82, 2.24) is 9.47 Å². The number of carboxylic acids is 1. The maximum Gasteiger partial charge on any atom is 0.305 e. The number of amides is 1. The van der Waals surface area contributed by atoms with Crippen LogP contribution >= 0.6 is 0 Å². The number of hydrogen-bond acceptors (Lipinski definition) is 3. The van der Waals surface area contributed by atoms with E-state index in [0.717, 1.165) is 0 Å². The Morgan fingerprint density at radius 2 is 1.95 bits per heavy atom. The highest BCUT2D eigenvalue weighted by molar-refractivity contribution is 6.06. The van der Waals surface area contributed by atoms with Gasteiger partial charge in [0.25, 0.3) is 11.5 Å². The molecule has 1 aromatic carbocycles. The van der Waals surface area contributed by atoms with Crippen LogP contribution in [-0.4, -0.2) is 40.0 Å². The van der Waals surface area contributed by atoms with Gasteiger partial charge in [0.1, 0.15) is 0 Å². The number of aryl methyl sites for hydroxylation is 1. The van der Waals surface area contributed by atoms with Crippen LogP contribution in [0.25, 0.3) is 10.9 Å². The second-order valence-corrected chi connectivity index (χ2v) is 4.84. The maximum absolute atomic E-state index is 12.4. The molecule has 0 atom stereocenters. The Labute approximate surface area is 121 Å². The molecule has 0 aliphatic heterocycles. The predicted molar refractivity (Wildman–Crippen MR) is 78.4 cm³/mol. The quantitative estimate of drug-likeness (QED) is 0.913. The summed E-state index contributed by atoms with van der Waals surface area (Å²) < 4.78 is 1.48. The Morgan fingerprint density at radius 3 is 2.62 bits per heavy atom. The highest BCUT2D eigenvalue weighted by Gasteiger charge is 2.17. The van der Waals surface area contributed by atoms with E-state index in [1.807, 2.05) is 0 Å². The first-order chi connectivity index (χ1) is 9.91. The minimum atomic E-state index is -0.969. The van der Waals surface area contributed by atoms with Gasteiger partial charge in [-0.3, -0.25) is 14.4 Å². The summed E-state index contributed by atoms with van der Waals surface area (Å²) in [5, 5.41) is 9.35. The van der Waals surface area contributed by atoms with Crippen molar-refractivity contribution in [3.8, 4) is 0 Å². The summed E-state index contributed by atoms with van der Waals surface area (Å²) in [5.74, 6) is -1.33. The van der Waals surface area contributed by atoms with Crippen molar-refractivity contribution in [2.75, 3.05) is 13.6 Å². The molecule has 0 spiro atoms. The number of carboxylic acid groups (broad SMARTS) is 1. The van der Waals surface area contributed by atoms with Crippen LogP contribution in [0.3, 0.4) is 0 Å². The summed E-state index contributed by atoms with van der Waals surface area (Å²) in [4.78, 5) is 36.3. The smallest absolute Gasteiger partial charge is 0.305 e. The Hall–Kier alpha value is -2.63. The number of carbonyl (C=O) groups excluding carboxylic acids is 1. The molecule has 0 radical (unpaired) electrons. The first-order valence-corrected chi connectivity index (χ1v) is 6.48. The van der Waals surface area contributed by atoms with Gasteiger partial charge in [0.2, 0.25) is 0 Å². The third-order valence-electron chi connectivity index (χ3n) is 3.39. The van der Waals surface area contributed by atoms with Gasteiger partial charge in [0.15, 0.2) is 0 Å². The average molecular weight is 288 g/mol. The van der Waals surface area contributed by atoms with Crippen molar-refractivity contribution in [3.05, 3.63) is 46.2 Å². The summed E-state index contributed by atoms with van der Waals surface area (Å²) in [5.41, 5.74) is 0.685. The fourth-order valence-electron chi connectivity index (χ4n) is 2.16.